The van der Waals surface area contributed by atoms with Crippen molar-refractivity contribution in [3.63, 3.8) is 0 Å². The quantitative estimate of drug-likeness (QED) is 0.483. The van der Waals surface area contributed by atoms with E-state index in [-0.39, 0.29) is 23.5 Å². The van der Waals surface area contributed by atoms with Crippen molar-refractivity contribution >= 4 is 26.9 Å². The second kappa shape index (κ2) is 9.80. The largest absolute Gasteiger partial charge is 0.444 e. The van der Waals surface area contributed by atoms with E-state index >= 15 is 0 Å². The second-order valence-electron chi connectivity index (χ2n) is 8.32. The molecule has 0 radical (unpaired) electrons. The van der Waals surface area contributed by atoms with Crippen LogP contribution >= 0.6 is 0 Å². The fraction of sp³-hybridized carbons (Fsp3) is 0.304. The SMILES string of the molecule is CC(C)(C)OC(=O)NCCNS(=O)(=O)c1cc(-c2cccc(C(F)F)c2)cc2cnccc12. The number of nitrogens with one attached hydrogen (secondary N) is 2. The van der Waals surface area contributed by atoms with Crippen LogP contribution in [0.4, 0.5) is 13.6 Å². The third kappa shape index (κ3) is 6.45. The van der Waals surface area contributed by atoms with Crippen LogP contribution in [0.3, 0.4) is 0 Å². The number of rotatable bonds is 7. The third-order valence-corrected chi connectivity index (χ3v) is 6.06. The van der Waals surface area contributed by atoms with Crippen LogP contribution in [0, 0.1) is 0 Å². The molecule has 33 heavy (non-hydrogen) atoms. The molecule has 1 amide bonds. The van der Waals surface area contributed by atoms with Crippen LogP contribution in [0.2, 0.25) is 0 Å². The van der Waals surface area contributed by atoms with Gasteiger partial charge in [-0.1, -0.05) is 18.2 Å². The highest BCUT2D eigenvalue weighted by molar-refractivity contribution is 7.89. The summed E-state index contributed by atoms with van der Waals surface area (Å²) in [5.41, 5.74) is 0.0971. The molecule has 3 rings (SSSR count). The van der Waals surface area contributed by atoms with Gasteiger partial charge in [-0.25, -0.2) is 26.7 Å². The Bertz CT molecular complexity index is 1260. The Hall–Kier alpha value is -3.11. The number of hydrogen-bond donors (Lipinski definition) is 2. The molecule has 0 atom stereocenters. The first kappa shape index (κ1) is 24.5. The van der Waals surface area contributed by atoms with Gasteiger partial charge in [-0.05, 0) is 56.2 Å². The first-order chi connectivity index (χ1) is 15.5. The Labute approximate surface area is 191 Å². The molecule has 0 aliphatic carbocycles. The normalized spacial score (nSPS) is 12.2. The van der Waals surface area contributed by atoms with Gasteiger partial charge in [0.15, 0.2) is 0 Å². The lowest BCUT2D eigenvalue weighted by atomic mass is 10.0. The summed E-state index contributed by atoms with van der Waals surface area (Å²) in [5, 5.41) is 3.47. The Morgan fingerprint density at radius 1 is 1.09 bits per heavy atom. The maximum atomic E-state index is 13.2. The van der Waals surface area contributed by atoms with Gasteiger partial charge in [-0.3, -0.25) is 4.98 Å². The fourth-order valence-corrected chi connectivity index (χ4v) is 4.44. The Balaban J connectivity index is 1.87. The van der Waals surface area contributed by atoms with Gasteiger partial charge in [0.05, 0.1) is 4.90 Å². The first-order valence-electron chi connectivity index (χ1n) is 10.2. The zero-order chi connectivity index (χ0) is 24.2. The Morgan fingerprint density at radius 3 is 2.55 bits per heavy atom. The molecule has 0 unspecified atom stereocenters. The number of halogens is 2. The zero-order valence-corrected chi connectivity index (χ0v) is 19.2. The van der Waals surface area contributed by atoms with Crippen molar-refractivity contribution in [1.29, 1.82) is 0 Å². The summed E-state index contributed by atoms with van der Waals surface area (Å²) in [4.78, 5) is 15.8. The third-order valence-electron chi connectivity index (χ3n) is 4.56. The molecular formula is C23H25F2N3O4S. The summed E-state index contributed by atoms with van der Waals surface area (Å²) in [7, 11) is -3.99. The lowest BCUT2D eigenvalue weighted by Crippen LogP contribution is -2.37. The van der Waals surface area contributed by atoms with Gasteiger partial charge in [0.25, 0.3) is 6.43 Å². The number of carbonyl (C=O) groups is 1. The Morgan fingerprint density at radius 2 is 1.85 bits per heavy atom. The summed E-state index contributed by atoms with van der Waals surface area (Å²) >= 11 is 0. The molecule has 1 heterocycles. The van der Waals surface area contributed by atoms with Crippen molar-refractivity contribution in [3.05, 3.63) is 60.4 Å². The highest BCUT2D eigenvalue weighted by atomic mass is 32.2. The van der Waals surface area contributed by atoms with Gasteiger partial charge >= 0.3 is 6.09 Å². The minimum atomic E-state index is -3.99. The minimum Gasteiger partial charge on any atom is -0.444 e. The lowest BCUT2D eigenvalue weighted by molar-refractivity contribution is 0.0529. The number of sulfonamides is 1. The van der Waals surface area contributed by atoms with Crippen LogP contribution in [-0.4, -0.2) is 38.2 Å². The molecular weight excluding hydrogens is 452 g/mol. The molecule has 1 aromatic heterocycles. The number of ether oxygens (including phenoxy) is 1. The number of alkyl halides is 2. The van der Waals surface area contributed by atoms with Gasteiger partial charge in [0.2, 0.25) is 10.0 Å². The molecule has 0 aliphatic heterocycles. The standard InChI is InChI=1S/C23H25F2N3O4S/c1-23(2,3)32-22(29)27-9-10-28-33(30,31)20-13-17(12-18-14-26-8-7-19(18)20)15-5-4-6-16(11-15)21(24)25/h4-8,11-14,21,28H,9-10H2,1-3H3,(H,27,29). The number of alkyl carbamates (subject to hydrolysis) is 1. The zero-order valence-electron chi connectivity index (χ0n) is 18.4. The minimum absolute atomic E-state index is 0.0166. The molecule has 7 nitrogen and oxygen atoms in total. The van der Waals surface area contributed by atoms with Crippen LogP contribution in [0.25, 0.3) is 21.9 Å². The number of hydrogen-bond acceptors (Lipinski definition) is 5. The van der Waals surface area contributed by atoms with Gasteiger partial charge in [0.1, 0.15) is 5.60 Å². The van der Waals surface area contributed by atoms with E-state index in [1.807, 2.05) is 0 Å². The van der Waals surface area contributed by atoms with E-state index < -0.39 is 28.1 Å². The van der Waals surface area contributed by atoms with Crippen molar-refractivity contribution in [1.82, 2.24) is 15.0 Å². The van der Waals surface area contributed by atoms with Gasteiger partial charge < -0.3 is 10.1 Å². The maximum absolute atomic E-state index is 13.2. The molecule has 0 saturated carbocycles. The van der Waals surface area contributed by atoms with Crippen LogP contribution in [-0.2, 0) is 14.8 Å². The predicted molar refractivity (Wildman–Crippen MR) is 122 cm³/mol. The summed E-state index contributed by atoms with van der Waals surface area (Å²) in [6.45, 7) is 5.11. The smallest absolute Gasteiger partial charge is 0.407 e. The Kier molecular flexibility index (Phi) is 7.28. The van der Waals surface area contributed by atoms with Crippen molar-refractivity contribution in [3.8, 4) is 11.1 Å². The highest BCUT2D eigenvalue weighted by Crippen LogP contribution is 2.32. The number of pyridine rings is 1. The maximum Gasteiger partial charge on any atom is 0.407 e. The predicted octanol–water partition coefficient (Wildman–Crippen LogP) is 4.64. The first-order valence-corrected chi connectivity index (χ1v) is 11.7. The molecule has 176 valence electrons. The molecule has 0 saturated heterocycles. The number of amides is 1. The molecule has 0 bridgehead atoms. The van der Waals surface area contributed by atoms with Crippen molar-refractivity contribution < 1.29 is 26.7 Å². The van der Waals surface area contributed by atoms with Gasteiger partial charge in [-0.2, -0.15) is 0 Å². The molecule has 2 aromatic carbocycles. The number of benzene rings is 2. The summed E-state index contributed by atoms with van der Waals surface area (Å²) < 4.78 is 60.0. The molecule has 0 fully saturated rings. The van der Waals surface area contributed by atoms with E-state index in [0.717, 1.165) is 0 Å². The van der Waals surface area contributed by atoms with E-state index in [4.69, 9.17) is 4.74 Å². The van der Waals surface area contributed by atoms with E-state index in [2.05, 4.69) is 15.0 Å². The van der Waals surface area contributed by atoms with Crippen molar-refractivity contribution in [2.75, 3.05) is 13.1 Å². The van der Waals surface area contributed by atoms with Crippen LogP contribution in [0.15, 0.2) is 59.8 Å². The van der Waals surface area contributed by atoms with Gasteiger partial charge in [0, 0.05) is 41.8 Å². The molecule has 10 heteroatoms. The number of aromatic nitrogens is 1. The monoisotopic (exact) mass is 477 g/mol. The van der Waals surface area contributed by atoms with Crippen molar-refractivity contribution in [2.45, 2.75) is 37.7 Å². The second-order valence-corrected chi connectivity index (χ2v) is 10.1. The average molecular weight is 478 g/mol. The van der Waals surface area contributed by atoms with E-state index in [0.29, 0.717) is 21.9 Å². The van der Waals surface area contributed by atoms with Crippen molar-refractivity contribution in [2.24, 2.45) is 0 Å². The van der Waals surface area contributed by atoms with Crippen LogP contribution in [0.1, 0.15) is 32.8 Å². The lowest BCUT2D eigenvalue weighted by Gasteiger charge is -2.19. The van der Waals surface area contributed by atoms with E-state index in [1.165, 1.54) is 36.7 Å². The molecule has 3 aromatic rings. The van der Waals surface area contributed by atoms with Gasteiger partial charge in [-0.15, -0.1) is 0 Å². The van der Waals surface area contributed by atoms with Crippen LogP contribution in [0.5, 0.6) is 0 Å². The molecule has 0 spiro atoms. The number of carbonyl (C=O) groups excluding carboxylic acids is 1. The summed E-state index contributed by atoms with van der Waals surface area (Å²) in [5.74, 6) is 0. The topological polar surface area (TPSA) is 97.4 Å². The summed E-state index contributed by atoms with van der Waals surface area (Å²) in [6.07, 6.45) is -0.310. The highest BCUT2D eigenvalue weighted by Gasteiger charge is 2.20. The molecule has 0 aliphatic rings. The number of nitrogens with zero attached hydrogens (tertiary/aromatic N) is 1. The van der Waals surface area contributed by atoms with E-state index in [1.54, 1.807) is 39.0 Å². The average Bonchev–Trinajstić information content (AvgIpc) is 2.75. The fourth-order valence-electron chi connectivity index (χ4n) is 3.16. The van der Waals surface area contributed by atoms with E-state index in [9.17, 15) is 22.0 Å². The summed E-state index contributed by atoms with van der Waals surface area (Å²) in [6, 6.07) is 10.5. The van der Waals surface area contributed by atoms with Crippen LogP contribution < -0.4 is 10.0 Å². The number of fused-ring (bicyclic) bond motifs is 1. The molecule has 2 N–H and O–H groups in total.